The number of likely N-dealkylation sites (N-methyl/N-ethyl adjacent to an activating group) is 1. The number of benzene rings is 2. The minimum atomic E-state index is -0.0538. The van der Waals surface area contributed by atoms with E-state index in [1.54, 1.807) is 0 Å². The molecule has 2 aromatic carbocycles. The van der Waals surface area contributed by atoms with Crippen molar-refractivity contribution in [3.63, 3.8) is 0 Å². The Hall–Kier alpha value is -1.42. The van der Waals surface area contributed by atoms with Gasteiger partial charge in [-0.05, 0) is 28.4 Å². The van der Waals surface area contributed by atoms with Gasteiger partial charge in [0.1, 0.15) is 5.66 Å². The number of hydrogen-bond donors (Lipinski definition) is 1. The number of nitrogens with one attached hydrogen (secondary N) is 1. The minimum Gasteiger partial charge on any atom is -0.379 e. The van der Waals surface area contributed by atoms with Crippen LogP contribution in [0.1, 0.15) is 18.1 Å². The first-order valence-corrected chi connectivity index (χ1v) is 7.94. The van der Waals surface area contributed by atoms with Crippen LogP contribution in [0.15, 0.2) is 36.4 Å². The topological polar surface area (TPSA) is 24.5 Å². The van der Waals surface area contributed by atoms with Gasteiger partial charge in [-0.1, -0.05) is 43.3 Å². The molecule has 1 fully saturated rings. The molecule has 0 bridgehead atoms. The first-order chi connectivity index (χ1) is 10.3. The summed E-state index contributed by atoms with van der Waals surface area (Å²) in [5.41, 5.74) is 2.86. The molecular formula is C18H22N2O. The maximum Gasteiger partial charge on any atom is 0.102 e. The normalized spacial score (nSPS) is 25.6. The average molecular weight is 282 g/mol. The first kappa shape index (κ1) is 13.3. The Kier molecular flexibility index (Phi) is 3.21. The van der Waals surface area contributed by atoms with Crippen LogP contribution in [0.5, 0.6) is 0 Å². The number of ether oxygens (including phenoxy) is 1. The van der Waals surface area contributed by atoms with Crippen LogP contribution in [0.3, 0.4) is 0 Å². The molecule has 0 saturated carbocycles. The van der Waals surface area contributed by atoms with E-state index in [0.717, 1.165) is 39.3 Å². The van der Waals surface area contributed by atoms with Crippen molar-refractivity contribution < 1.29 is 4.74 Å². The van der Waals surface area contributed by atoms with E-state index >= 15 is 0 Å². The highest BCUT2D eigenvalue weighted by molar-refractivity contribution is 5.92. The molecular weight excluding hydrogens is 260 g/mol. The Labute approximate surface area is 125 Å². The molecule has 1 saturated heterocycles. The van der Waals surface area contributed by atoms with E-state index in [-0.39, 0.29) is 5.66 Å². The summed E-state index contributed by atoms with van der Waals surface area (Å²) in [5, 5.41) is 6.62. The zero-order chi connectivity index (χ0) is 14.3. The highest BCUT2D eigenvalue weighted by Gasteiger charge is 2.44. The molecule has 2 aliphatic rings. The molecule has 3 heteroatoms. The monoisotopic (exact) mass is 282 g/mol. The summed E-state index contributed by atoms with van der Waals surface area (Å²) in [7, 11) is 0. The summed E-state index contributed by atoms with van der Waals surface area (Å²) in [6.07, 6.45) is 1.05. The zero-order valence-electron chi connectivity index (χ0n) is 12.6. The lowest BCUT2D eigenvalue weighted by Crippen LogP contribution is -2.59. The lowest BCUT2D eigenvalue weighted by molar-refractivity contribution is -0.0371. The molecule has 0 aromatic heterocycles. The van der Waals surface area contributed by atoms with Crippen LogP contribution in [0.25, 0.3) is 10.8 Å². The third kappa shape index (κ3) is 1.92. The molecule has 0 amide bonds. The van der Waals surface area contributed by atoms with Gasteiger partial charge in [0.25, 0.3) is 0 Å². The van der Waals surface area contributed by atoms with Crippen LogP contribution in [0, 0.1) is 0 Å². The van der Waals surface area contributed by atoms with Crippen LogP contribution >= 0.6 is 0 Å². The van der Waals surface area contributed by atoms with E-state index in [1.807, 2.05) is 0 Å². The maximum atomic E-state index is 5.56. The van der Waals surface area contributed by atoms with Crippen molar-refractivity contribution in [2.75, 3.05) is 32.8 Å². The highest BCUT2D eigenvalue weighted by atomic mass is 16.5. The van der Waals surface area contributed by atoms with Crippen LogP contribution in [0.2, 0.25) is 0 Å². The fourth-order valence-electron chi connectivity index (χ4n) is 4.07. The summed E-state index contributed by atoms with van der Waals surface area (Å²) >= 11 is 0. The van der Waals surface area contributed by atoms with Gasteiger partial charge < -0.3 is 4.74 Å². The van der Waals surface area contributed by atoms with Gasteiger partial charge in [0.05, 0.1) is 13.2 Å². The first-order valence-electron chi connectivity index (χ1n) is 7.94. The predicted molar refractivity (Wildman–Crippen MR) is 85.4 cm³/mol. The molecule has 1 heterocycles. The van der Waals surface area contributed by atoms with Crippen LogP contribution in [-0.4, -0.2) is 37.7 Å². The minimum absolute atomic E-state index is 0.0538. The molecule has 1 unspecified atom stereocenters. The number of hydrogen-bond acceptors (Lipinski definition) is 3. The van der Waals surface area contributed by atoms with Gasteiger partial charge >= 0.3 is 0 Å². The molecule has 1 N–H and O–H groups in total. The Bertz CT molecular complexity index is 658. The van der Waals surface area contributed by atoms with Gasteiger partial charge in [0.2, 0.25) is 0 Å². The second kappa shape index (κ2) is 5.09. The zero-order valence-corrected chi connectivity index (χ0v) is 12.6. The van der Waals surface area contributed by atoms with Gasteiger partial charge in [0.15, 0.2) is 0 Å². The van der Waals surface area contributed by atoms with Gasteiger partial charge in [-0.25, -0.2) is 0 Å². The average Bonchev–Trinajstić information content (AvgIpc) is 2.86. The molecule has 0 spiro atoms. The third-order valence-electron chi connectivity index (χ3n) is 4.90. The highest BCUT2D eigenvalue weighted by Crippen LogP contribution is 2.43. The van der Waals surface area contributed by atoms with Crippen LogP contribution in [-0.2, 0) is 16.8 Å². The Morgan fingerprint density at radius 1 is 1.14 bits per heavy atom. The molecule has 21 heavy (non-hydrogen) atoms. The number of rotatable bonds is 3. The summed E-state index contributed by atoms with van der Waals surface area (Å²) in [6, 6.07) is 13.4. The molecule has 1 atom stereocenters. The van der Waals surface area contributed by atoms with Crippen molar-refractivity contribution in [1.29, 1.82) is 0 Å². The number of nitrogens with zero attached hydrogens (tertiary/aromatic N) is 1. The predicted octanol–water partition coefficient (Wildman–Crippen LogP) is 2.49. The molecule has 4 rings (SSSR count). The van der Waals surface area contributed by atoms with Crippen LogP contribution < -0.4 is 5.32 Å². The second-order valence-electron chi connectivity index (χ2n) is 5.99. The Morgan fingerprint density at radius 2 is 1.90 bits per heavy atom. The summed E-state index contributed by atoms with van der Waals surface area (Å²) in [4.78, 5) is 2.58. The molecule has 2 aromatic rings. The van der Waals surface area contributed by atoms with E-state index in [0.29, 0.717) is 0 Å². The second-order valence-corrected chi connectivity index (χ2v) is 5.99. The van der Waals surface area contributed by atoms with Crippen molar-refractivity contribution >= 4 is 10.8 Å². The molecule has 110 valence electrons. The Balaban J connectivity index is 1.88. The third-order valence-corrected chi connectivity index (χ3v) is 4.90. The standard InChI is InChI=1S/C18H22N2O/c1-2-19-18(20-9-11-21-12-10-20)13-15-7-3-5-14-6-4-8-16(18)17(14)15/h3-8,19H,2,9-13H2,1H3. The van der Waals surface area contributed by atoms with E-state index < -0.39 is 0 Å². The van der Waals surface area contributed by atoms with Gasteiger partial charge in [-0.2, -0.15) is 0 Å². The van der Waals surface area contributed by atoms with E-state index in [2.05, 4.69) is 53.5 Å². The summed E-state index contributed by atoms with van der Waals surface area (Å²) < 4.78 is 5.56. The van der Waals surface area contributed by atoms with E-state index in [1.165, 1.54) is 21.9 Å². The largest absolute Gasteiger partial charge is 0.379 e. The van der Waals surface area contributed by atoms with E-state index in [4.69, 9.17) is 4.74 Å². The van der Waals surface area contributed by atoms with Crippen molar-refractivity contribution in [2.24, 2.45) is 0 Å². The fraction of sp³-hybridized carbons (Fsp3) is 0.444. The Morgan fingerprint density at radius 3 is 2.67 bits per heavy atom. The maximum absolute atomic E-state index is 5.56. The van der Waals surface area contributed by atoms with Gasteiger partial charge in [-0.15, -0.1) is 0 Å². The molecule has 0 radical (unpaired) electrons. The smallest absolute Gasteiger partial charge is 0.102 e. The quantitative estimate of drug-likeness (QED) is 0.936. The molecule has 3 nitrogen and oxygen atoms in total. The fourth-order valence-corrected chi connectivity index (χ4v) is 4.07. The van der Waals surface area contributed by atoms with Crippen molar-refractivity contribution in [3.8, 4) is 0 Å². The molecule has 1 aliphatic heterocycles. The van der Waals surface area contributed by atoms with Crippen LogP contribution in [0.4, 0.5) is 0 Å². The summed E-state index contributed by atoms with van der Waals surface area (Å²) in [5.74, 6) is 0. The lowest BCUT2D eigenvalue weighted by atomic mass is 9.97. The van der Waals surface area contributed by atoms with Gasteiger partial charge in [-0.3, -0.25) is 10.2 Å². The van der Waals surface area contributed by atoms with Gasteiger partial charge in [0, 0.05) is 19.5 Å². The number of morpholine rings is 1. The van der Waals surface area contributed by atoms with E-state index in [9.17, 15) is 0 Å². The summed E-state index contributed by atoms with van der Waals surface area (Å²) in [6.45, 7) is 6.83. The van der Waals surface area contributed by atoms with Crippen molar-refractivity contribution in [2.45, 2.75) is 19.0 Å². The van der Waals surface area contributed by atoms with Crippen molar-refractivity contribution in [1.82, 2.24) is 10.2 Å². The molecule has 1 aliphatic carbocycles. The lowest BCUT2D eigenvalue weighted by Gasteiger charge is -2.44. The van der Waals surface area contributed by atoms with Crippen molar-refractivity contribution in [3.05, 3.63) is 47.5 Å². The SMILES string of the molecule is CCNC1(N2CCOCC2)Cc2cccc3cccc1c23.